The van der Waals surface area contributed by atoms with Crippen molar-refractivity contribution in [1.29, 1.82) is 0 Å². The molecule has 0 aliphatic rings. The van der Waals surface area contributed by atoms with Gasteiger partial charge in [0, 0.05) is 74.4 Å². The van der Waals surface area contributed by atoms with Crippen LogP contribution in [0.1, 0.15) is 0 Å². The van der Waals surface area contributed by atoms with Crippen molar-refractivity contribution in [2.24, 2.45) is 0 Å². The van der Waals surface area contributed by atoms with Gasteiger partial charge < -0.3 is 27.4 Å². The first kappa shape index (κ1) is 19.9. The predicted octanol–water partition coefficient (Wildman–Crippen LogP) is 2.80. The highest BCUT2D eigenvalue weighted by atomic mass is 15.2. The molecule has 0 radical (unpaired) electrons. The maximum Gasteiger partial charge on any atom is 0.0994 e. The van der Waals surface area contributed by atoms with Crippen LogP contribution in [0, 0.1) is 0 Å². The molecule has 0 saturated carbocycles. The lowest BCUT2D eigenvalue weighted by Crippen LogP contribution is -2.18. The maximum absolute atomic E-state index is 4.36. The maximum atomic E-state index is 4.36. The third-order valence-electron chi connectivity index (χ3n) is 5.92. The van der Waals surface area contributed by atoms with Crippen molar-refractivity contribution in [3.8, 4) is 34.1 Å². The Kier molecular flexibility index (Phi) is 4.45. The number of hydrogen-bond acceptors (Lipinski definition) is 6. The molecule has 7 aromatic rings. The second kappa shape index (κ2) is 8.06. The van der Waals surface area contributed by atoms with Crippen molar-refractivity contribution >= 4 is 0 Å². The Bertz CT molecular complexity index is 1330. The Labute approximate surface area is 204 Å². The number of rotatable bonds is 6. The second-order valence-corrected chi connectivity index (χ2v) is 7.91. The van der Waals surface area contributed by atoms with Gasteiger partial charge in [-0.1, -0.05) is 0 Å². The highest BCUT2D eigenvalue weighted by molar-refractivity contribution is 5.88. The Balaban J connectivity index is 1.79. The zero-order valence-corrected chi connectivity index (χ0v) is 18.8. The van der Waals surface area contributed by atoms with Crippen LogP contribution in [-0.4, -0.2) is 57.3 Å². The van der Waals surface area contributed by atoms with Crippen molar-refractivity contribution < 1.29 is 0 Å². The van der Waals surface area contributed by atoms with Crippen LogP contribution >= 0.6 is 0 Å². The third kappa shape index (κ3) is 3.01. The molecule has 0 amide bonds. The number of benzene rings is 1. The fourth-order valence-electron chi connectivity index (χ4n) is 4.49. The fraction of sp³-hybridized carbons (Fsp3) is 0. The molecule has 6 heterocycles. The predicted molar refractivity (Wildman–Crippen MR) is 129 cm³/mol. The van der Waals surface area contributed by atoms with E-state index in [9.17, 15) is 0 Å². The van der Waals surface area contributed by atoms with Crippen molar-refractivity contribution in [2.75, 3.05) is 0 Å². The summed E-state index contributed by atoms with van der Waals surface area (Å²) in [7, 11) is 0. The first-order chi connectivity index (χ1) is 17.9. The quantitative estimate of drug-likeness (QED) is 0.367. The van der Waals surface area contributed by atoms with Gasteiger partial charge in [0.05, 0.1) is 72.1 Å². The van der Waals surface area contributed by atoms with E-state index < -0.39 is 0 Å². The molecule has 1 aromatic carbocycles. The minimum atomic E-state index is 0.861. The average Bonchev–Trinajstić information content (AvgIpc) is 3.78. The SMILES string of the molecule is c1cn(-c2c(-n3ccnc3)c(-n3ccnc3)c(-n3ccnc3)c(-n3ccnc3)c2-n2ccnc2)cn1. The van der Waals surface area contributed by atoms with Crippen molar-refractivity contribution in [2.45, 2.75) is 0 Å². The lowest BCUT2D eigenvalue weighted by molar-refractivity contribution is 0.877. The normalized spacial score (nSPS) is 11.3. The molecule has 0 aliphatic carbocycles. The molecule has 12 heteroatoms. The first-order valence-electron chi connectivity index (χ1n) is 11.0. The lowest BCUT2D eigenvalue weighted by Gasteiger charge is -2.28. The van der Waals surface area contributed by atoms with E-state index in [1.54, 1.807) is 75.1 Å². The second-order valence-electron chi connectivity index (χ2n) is 7.91. The summed E-state index contributed by atoms with van der Waals surface area (Å²) in [5.74, 6) is 0. The smallest absolute Gasteiger partial charge is 0.0994 e. The Morgan fingerprint density at radius 2 is 0.444 bits per heavy atom. The fourth-order valence-corrected chi connectivity index (χ4v) is 4.49. The minimum Gasteiger partial charge on any atom is -0.302 e. The largest absolute Gasteiger partial charge is 0.302 e. The van der Waals surface area contributed by atoms with E-state index in [0.717, 1.165) is 34.1 Å². The van der Waals surface area contributed by atoms with Gasteiger partial charge in [0.2, 0.25) is 0 Å². The molecule has 0 saturated heterocycles. The number of hydrogen-bond donors (Lipinski definition) is 0. The van der Waals surface area contributed by atoms with E-state index in [4.69, 9.17) is 0 Å². The average molecular weight is 474 g/mol. The molecule has 7 rings (SSSR count). The van der Waals surface area contributed by atoms with Gasteiger partial charge in [-0.3, -0.25) is 0 Å². The summed E-state index contributed by atoms with van der Waals surface area (Å²) >= 11 is 0. The van der Waals surface area contributed by atoms with Gasteiger partial charge in [0.1, 0.15) is 0 Å². The minimum absolute atomic E-state index is 0.861. The summed E-state index contributed by atoms with van der Waals surface area (Å²) in [5, 5.41) is 0. The van der Waals surface area contributed by atoms with Gasteiger partial charge in [0.15, 0.2) is 0 Å². The third-order valence-corrected chi connectivity index (χ3v) is 5.92. The van der Waals surface area contributed by atoms with Crippen LogP contribution in [-0.2, 0) is 0 Å². The van der Waals surface area contributed by atoms with Gasteiger partial charge in [-0.05, 0) is 0 Å². The highest BCUT2D eigenvalue weighted by Crippen LogP contribution is 2.42. The molecular weight excluding hydrogens is 456 g/mol. The summed E-state index contributed by atoms with van der Waals surface area (Å²) in [6.07, 6.45) is 32.7. The van der Waals surface area contributed by atoms with Crippen LogP contribution in [0.3, 0.4) is 0 Å². The summed E-state index contributed by atoms with van der Waals surface area (Å²) in [4.78, 5) is 26.2. The molecule has 0 spiro atoms. The zero-order chi connectivity index (χ0) is 23.9. The monoisotopic (exact) mass is 474 g/mol. The van der Waals surface area contributed by atoms with Gasteiger partial charge in [-0.15, -0.1) is 0 Å². The standard InChI is InChI=1S/C24H18N12/c1-7-31(13-25-1)19-20(32-8-2-26-14-32)22(34-10-4-28-16-34)24(36-12-6-30-18-36)23(35-11-5-29-17-35)21(19)33-9-3-27-15-33/h1-18H. The Morgan fingerprint density at radius 1 is 0.278 bits per heavy atom. The molecule has 6 aromatic heterocycles. The van der Waals surface area contributed by atoms with Crippen LogP contribution in [0.5, 0.6) is 0 Å². The molecule has 0 bridgehead atoms. The summed E-state index contributed by atoms with van der Waals surface area (Å²) in [5.41, 5.74) is 5.17. The topological polar surface area (TPSA) is 107 Å². The van der Waals surface area contributed by atoms with Crippen molar-refractivity contribution in [1.82, 2.24) is 57.3 Å². The Hall–Kier alpha value is -5.52. The van der Waals surface area contributed by atoms with Crippen molar-refractivity contribution in [3.63, 3.8) is 0 Å². The Morgan fingerprint density at radius 3 is 0.556 bits per heavy atom. The molecule has 0 fully saturated rings. The van der Waals surface area contributed by atoms with E-state index in [0.29, 0.717) is 0 Å². The number of aromatic nitrogens is 12. The molecule has 0 atom stereocenters. The van der Waals surface area contributed by atoms with Crippen LogP contribution in [0.4, 0.5) is 0 Å². The van der Waals surface area contributed by atoms with Gasteiger partial charge in [0.25, 0.3) is 0 Å². The van der Waals surface area contributed by atoms with Crippen LogP contribution < -0.4 is 0 Å². The molecule has 36 heavy (non-hydrogen) atoms. The molecule has 0 N–H and O–H groups in total. The van der Waals surface area contributed by atoms with E-state index in [2.05, 4.69) is 29.9 Å². The number of imidazole rings is 6. The van der Waals surface area contributed by atoms with Crippen LogP contribution in [0.15, 0.2) is 112 Å². The highest BCUT2D eigenvalue weighted by Gasteiger charge is 2.30. The zero-order valence-electron chi connectivity index (χ0n) is 18.8. The molecule has 12 nitrogen and oxygen atoms in total. The van der Waals surface area contributed by atoms with E-state index >= 15 is 0 Å². The summed E-state index contributed by atoms with van der Waals surface area (Å²) in [6, 6.07) is 0. The molecule has 0 unspecified atom stereocenters. The molecule has 0 aliphatic heterocycles. The number of nitrogens with zero attached hydrogens (tertiary/aromatic N) is 12. The van der Waals surface area contributed by atoms with E-state index in [1.165, 1.54) is 0 Å². The first-order valence-corrected chi connectivity index (χ1v) is 11.0. The molecule has 174 valence electrons. The van der Waals surface area contributed by atoms with Crippen LogP contribution in [0.2, 0.25) is 0 Å². The van der Waals surface area contributed by atoms with Gasteiger partial charge in [-0.2, -0.15) is 0 Å². The molecular formula is C24H18N12. The van der Waals surface area contributed by atoms with Gasteiger partial charge in [-0.25, -0.2) is 29.9 Å². The summed E-state index contributed by atoms with van der Waals surface area (Å²) in [6.45, 7) is 0. The van der Waals surface area contributed by atoms with Crippen LogP contribution in [0.25, 0.3) is 34.1 Å². The van der Waals surface area contributed by atoms with Gasteiger partial charge >= 0.3 is 0 Å². The van der Waals surface area contributed by atoms with E-state index in [-0.39, 0.29) is 0 Å². The lowest BCUT2D eigenvalue weighted by atomic mass is 10.1. The van der Waals surface area contributed by atoms with Crippen molar-refractivity contribution in [3.05, 3.63) is 112 Å². The van der Waals surface area contributed by atoms with E-state index in [1.807, 2.05) is 64.6 Å². The summed E-state index contributed by atoms with van der Waals surface area (Å²) < 4.78 is 11.9.